The fourth-order valence-electron chi connectivity index (χ4n) is 2.19. The molecule has 19 heteroatoms. The summed E-state index contributed by atoms with van der Waals surface area (Å²) in [7, 11) is -9.58. The summed E-state index contributed by atoms with van der Waals surface area (Å²) in [5.41, 5.74) is 0. The number of halogens is 8. The maximum atomic E-state index is 12.3. The molecule has 0 spiro atoms. The number of sulfonamides is 2. The molecule has 9 nitrogen and oxygen atoms in total. The van der Waals surface area contributed by atoms with Gasteiger partial charge in [0.25, 0.3) is 20.0 Å². The van der Waals surface area contributed by atoms with Gasteiger partial charge in [-0.2, -0.15) is 0 Å². The van der Waals surface area contributed by atoms with Gasteiger partial charge in [-0.3, -0.25) is 5.41 Å². The lowest BCUT2D eigenvalue weighted by Gasteiger charge is -2.15. The molecule has 0 aliphatic carbocycles. The maximum absolute atomic E-state index is 12.3. The molecule has 2 rings (SSSR count). The first-order valence-corrected chi connectivity index (χ1v) is 11.8. The van der Waals surface area contributed by atoms with Crippen LogP contribution in [0.2, 0.25) is 10.0 Å². The molecule has 2 aromatic rings. The first-order valence-electron chi connectivity index (χ1n) is 8.04. The summed E-state index contributed by atoms with van der Waals surface area (Å²) in [5.74, 6) is -3.07. The highest BCUT2D eigenvalue weighted by Crippen LogP contribution is 2.31. The number of ether oxygens (including phenoxy) is 2. The van der Waals surface area contributed by atoms with E-state index >= 15 is 0 Å². The third-order valence-corrected chi connectivity index (χ3v) is 6.99. The molecule has 0 aliphatic heterocycles. The zero-order valence-electron chi connectivity index (χ0n) is 15.8. The molecule has 0 aliphatic rings. The van der Waals surface area contributed by atoms with Crippen LogP contribution in [0.15, 0.2) is 46.2 Å². The van der Waals surface area contributed by atoms with Gasteiger partial charge in [-0.05, 0) is 24.3 Å². The third-order valence-electron chi connectivity index (χ3n) is 3.33. The lowest BCUT2D eigenvalue weighted by Crippen LogP contribution is -2.43. The van der Waals surface area contributed by atoms with Gasteiger partial charge in [-0.15, -0.1) is 26.3 Å². The van der Waals surface area contributed by atoms with Crippen molar-refractivity contribution in [2.75, 3.05) is 0 Å². The Bertz CT molecular complexity index is 1220. The van der Waals surface area contributed by atoms with Gasteiger partial charge in [0, 0.05) is 12.1 Å². The maximum Gasteiger partial charge on any atom is 0.573 e. The Morgan fingerprint density at radius 3 is 1.32 bits per heavy atom. The van der Waals surface area contributed by atoms with Crippen LogP contribution in [-0.4, -0.2) is 35.5 Å². The van der Waals surface area contributed by atoms with Crippen LogP contribution in [0.1, 0.15) is 0 Å². The Balaban J connectivity index is 2.19. The molecule has 0 saturated carbocycles. The Morgan fingerprint density at radius 2 is 1.06 bits per heavy atom. The van der Waals surface area contributed by atoms with E-state index in [4.69, 9.17) is 28.6 Å². The van der Waals surface area contributed by atoms with Gasteiger partial charge < -0.3 is 9.47 Å². The van der Waals surface area contributed by atoms with Gasteiger partial charge in [0.2, 0.25) is 5.96 Å². The molecule has 0 fully saturated rings. The molecule has 0 heterocycles. The van der Waals surface area contributed by atoms with Crippen LogP contribution < -0.4 is 18.9 Å². The monoisotopic (exact) mass is 575 g/mol. The van der Waals surface area contributed by atoms with E-state index in [-0.39, 0.29) is 0 Å². The van der Waals surface area contributed by atoms with Crippen molar-refractivity contribution in [1.29, 1.82) is 5.41 Å². The highest BCUT2D eigenvalue weighted by molar-refractivity contribution is 7.91. The lowest BCUT2D eigenvalue weighted by molar-refractivity contribution is -0.275. The molecule has 0 atom stereocenters. The van der Waals surface area contributed by atoms with Crippen molar-refractivity contribution in [3.05, 3.63) is 46.4 Å². The minimum atomic E-state index is -5.08. The van der Waals surface area contributed by atoms with Crippen molar-refractivity contribution in [1.82, 2.24) is 9.44 Å². The van der Waals surface area contributed by atoms with Gasteiger partial charge in [0.1, 0.15) is 21.3 Å². The van der Waals surface area contributed by atoms with Crippen LogP contribution in [0.25, 0.3) is 0 Å². The largest absolute Gasteiger partial charge is 0.573 e. The van der Waals surface area contributed by atoms with Gasteiger partial charge in [-0.1, -0.05) is 23.2 Å². The van der Waals surface area contributed by atoms with E-state index in [1.54, 1.807) is 0 Å². The third kappa shape index (κ3) is 7.71. The first kappa shape index (κ1) is 27.6. The van der Waals surface area contributed by atoms with Crippen LogP contribution in [0.4, 0.5) is 26.3 Å². The van der Waals surface area contributed by atoms with E-state index in [9.17, 15) is 43.2 Å². The Hall–Kier alpha value is -2.63. The second-order valence-electron chi connectivity index (χ2n) is 5.87. The predicted octanol–water partition coefficient (Wildman–Crippen LogP) is 3.98. The molecule has 34 heavy (non-hydrogen) atoms. The predicted molar refractivity (Wildman–Crippen MR) is 105 cm³/mol. The summed E-state index contributed by atoms with van der Waals surface area (Å²) >= 11 is 11.3. The van der Waals surface area contributed by atoms with Gasteiger partial charge in [0.05, 0.1) is 10.0 Å². The fraction of sp³-hybridized carbons (Fsp3) is 0.133. The van der Waals surface area contributed by atoms with E-state index in [2.05, 4.69) is 9.47 Å². The van der Waals surface area contributed by atoms with Crippen LogP contribution in [0, 0.1) is 5.41 Å². The van der Waals surface area contributed by atoms with Crippen LogP contribution in [0.3, 0.4) is 0 Å². The van der Waals surface area contributed by atoms with E-state index in [1.807, 2.05) is 0 Å². The summed E-state index contributed by atoms with van der Waals surface area (Å²) in [6, 6.07) is 3.44. The summed E-state index contributed by atoms with van der Waals surface area (Å²) < 4.78 is 133. The van der Waals surface area contributed by atoms with E-state index < -0.39 is 70.1 Å². The minimum absolute atomic E-state index is 0.516. The molecule has 0 saturated heterocycles. The number of rotatable bonds is 6. The van der Waals surface area contributed by atoms with Crippen LogP contribution in [0.5, 0.6) is 11.5 Å². The quantitative estimate of drug-likeness (QED) is 0.271. The van der Waals surface area contributed by atoms with Gasteiger partial charge in [0.15, 0.2) is 0 Å². The average Bonchev–Trinajstić information content (AvgIpc) is 2.57. The summed E-state index contributed by atoms with van der Waals surface area (Å²) in [6.07, 6.45) is -10.2. The summed E-state index contributed by atoms with van der Waals surface area (Å²) in [5, 5.41) is 6.03. The fourth-order valence-corrected chi connectivity index (χ4v) is 5.19. The average molecular weight is 576 g/mol. The number of alkyl halides is 6. The Labute approximate surface area is 197 Å². The summed E-state index contributed by atoms with van der Waals surface area (Å²) in [6.45, 7) is 0. The van der Waals surface area contributed by atoms with E-state index in [0.29, 0.717) is 36.4 Å². The smallest absolute Gasteiger partial charge is 0.406 e. The van der Waals surface area contributed by atoms with E-state index in [1.165, 1.54) is 9.44 Å². The lowest BCUT2D eigenvalue weighted by atomic mass is 10.3. The molecule has 3 N–H and O–H groups in total. The zero-order chi connectivity index (χ0) is 26.1. The molecule has 2 aromatic carbocycles. The Kier molecular flexibility index (Phi) is 7.76. The van der Waals surface area contributed by atoms with Crippen molar-refractivity contribution in [3.63, 3.8) is 0 Å². The molecule has 0 aromatic heterocycles. The minimum Gasteiger partial charge on any atom is -0.406 e. The topological polar surface area (TPSA) is 135 Å². The van der Waals surface area contributed by atoms with E-state index in [0.717, 1.165) is 0 Å². The Morgan fingerprint density at radius 1 is 0.735 bits per heavy atom. The highest BCUT2D eigenvalue weighted by atomic mass is 35.5. The number of nitrogens with one attached hydrogen (secondary N) is 3. The second-order valence-corrected chi connectivity index (χ2v) is 9.98. The molecular weight excluding hydrogens is 567 g/mol. The number of hydrogen-bond donors (Lipinski definition) is 3. The highest BCUT2D eigenvalue weighted by Gasteiger charge is 2.33. The molecule has 188 valence electrons. The van der Waals surface area contributed by atoms with Crippen LogP contribution in [-0.2, 0) is 20.0 Å². The molecule has 0 bridgehead atoms. The summed E-state index contributed by atoms with van der Waals surface area (Å²) in [4.78, 5) is -1.67. The van der Waals surface area contributed by atoms with Gasteiger partial charge >= 0.3 is 12.7 Å². The van der Waals surface area contributed by atoms with Gasteiger partial charge in [-0.25, -0.2) is 26.3 Å². The molecule has 0 unspecified atom stereocenters. The SMILES string of the molecule is N=C(NS(=O)(=O)c1ccc(OC(F)(F)F)cc1Cl)NS(=O)(=O)c1ccc(OC(F)(F)F)cc1Cl. The molecular formula is C15H9Cl2F6N3O6S2. The molecule has 0 amide bonds. The number of guanidine groups is 1. The van der Waals surface area contributed by atoms with Crippen molar-refractivity contribution >= 4 is 49.2 Å². The standard InChI is InChI=1S/C15H9Cl2F6N3O6S2/c16-9-5-7(31-14(18,19)20)1-3-11(9)33(27,28)25-13(24)26-34(29,30)12-4-2-8(6-10(12)17)32-15(21,22)23/h1-6H,(H3,24,25,26). The number of hydrogen-bond acceptors (Lipinski definition) is 7. The van der Waals surface area contributed by atoms with Crippen molar-refractivity contribution in [2.45, 2.75) is 22.5 Å². The van der Waals surface area contributed by atoms with Crippen LogP contribution >= 0.6 is 23.2 Å². The molecule has 0 radical (unpaired) electrons. The first-order chi connectivity index (χ1) is 15.3. The van der Waals surface area contributed by atoms with Crippen molar-refractivity contribution < 1.29 is 52.7 Å². The number of benzene rings is 2. The normalized spacial score (nSPS) is 12.7. The zero-order valence-corrected chi connectivity index (χ0v) is 18.9. The van der Waals surface area contributed by atoms with Crippen molar-refractivity contribution in [2.24, 2.45) is 0 Å². The van der Waals surface area contributed by atoms with Crippen molar-refractivity contribution in [3.8, 4) is 11.5 Å². The second kappa shape index (κ2) is 9.55.